The van der Waals surface area contributed by atoms with E-state index < -0.39 is 0 Å². The molecule has 1 aliphatic carbocycles. The number of rotatable bonds is 5. The summed E-state index contributed by atoms with van der Waals surface area (Å²) in [5.41, 5.74) is 2.01. The van der Waals surface area contributed by atoms with Gasteiger partial charge in [-0.1, -0.05) is 6.42 Å². The van der Waals surface area contributed by atoms with E-state index in [1.807, 2.05) is 19.3 Å². The maximum absolute atomic E-state index is 12.1. The van der Waals surface area contributed by atoms with E-state index in [2.05, 4.69) is 19.9 Å². The lowest BCUT2D eigenvalue weighted by molar-refractivity contribution is 0.166. The molecule has 0 N–H and O–H groups in total. The maximum Gasteiger partial charge on any atom is 0.256 e. The van der Waals surface area contributed by atoms with Crippen molar-refractivity contribution in [1.82, 2.24) is 24.4 Å². The monoisotopic (exact) mass is 353 g/mol. The molecule has 2 fully saturated rings. The Kier molecular flexibility index (Phi) is 5.11. The number of nitrogens with zero attached hydrogens (tertiary/aromatic N) is 5. The smallest absolute Gasteiger partial charge is 0.256 e. The van der Waals surface area contributed by atoms with Crippen LogP contribution in [0.25, 0.3) is 0 Å². The average molecular weight is 353 g/mol. The zero-order valence-corrected chi connectivity index (χ0v) is 15.5. The zero-order chi connectivity index (χ0) is 17.9. The van der Waals surface area contributed by atoms with Gasteiger partial charge in [0.15, 0.2) is 0 Å². The lowest BCUT2D eigenvalue weighted by atomic mass is 9.85. The van der Waals surface area contributed by atoms with Crippen molar-refractivity contribution in [2.75, 3.05) is 13.1 Å². The van der Waals surface area contributed by atoms with E-state index in [0.717, 1.165) is 50.4 Å². The SMILES string of the molecule is Cc1cncn(CC2CCN(Cc3cnc(C4CCC4)nc3)CC2)c1=O. The van der Waals surface area contributed by atoms with E-state index in [0.29, 0.717) is 11.8 Å². The normalized spacial score (nSPS) is 19.4. The molecule has 0 bridgehead atoms. The topological polar surface area (TPSA) is 63.9 Å². The predicted octanol–water partition coefficient (Wildman–Crippen LogP) is 2.52. The Morgan fingerprint density at radius 1 is 1.08 bits per heavy atom. The van der Waals surface area contributed by atoms with Gasteiger partial charge in [0.2, 0.25) is 0 Å². The Morgan fingerprint density at radius 3 is 2.46 bits per heavy atom. The van der Waals surface area contributed by atoms with Gasteiger partial charge >= 0.3 is 0 Å². The molecule has 6 heteroatoms. The van der Waals surface area contributed by atoms with Crippen LogP contribution in [0.15, 0.2) is 29.7 Å². The molecule has 0 spiro atoms. The summed E-state index contributed by atoms with van der Waals surface area (Å²) < 4.78 is 1.77. The molecule has 1 saturated heterocycles. The van der Waals surface area contributed by atoms with Crippen LogP contribution in [0.3, 0.4) is 0 Å². The summed E-state index contributed by atoms with van der Waals surface area (Å²) in [5.74, 6) is 2.17. The highest BCUT2D eigenvalue weighted by Crippen LogP contribution is 2.34. The van der Waals surface area contributed by atoms with Crippen LogP contribution in [0.2, 0.25) is 0 Å². The van der Waals surface area contributed by atoms with Gasteiger partial charge in [0.1, 0.15) is 5.82 Å². The Bertz CT molecular complexity index is 789. The van der Waals surface area contributed by atoms with Gasteiger partial charge in [-0.05, 0) is 51.6 Å². The van der Waals surface area contributed by atoms with E-state index in [1.54, 1.807) is 17.1 Å². The van der Waals surface area contributed by atoms with Crippen molar-refractivity contribution in [2.45, 2.75) is 58.0 Å². The van der Waals surface area contributed by atoms with Crippen LogP contribution in [0.1, 0.15) is 55.0 Å². The Labute approximate surface area is 154 Å². The standard InChI is InChI=1S/C20H27N5O/c1-15-9-21-14-25(20(15)26)13-16-5-7-24(8-6-16)12-17-10-22-19(23-11-17)18-3-2-4-18/h9-11,14,16,18H,2-8,12-13H2,1H3. The lowest BCUT2D eigenvalue weighted by Crippen LogP contribution is -2.36. The summed E-state index contributed by atoms with van der Waals surface area (Å²) in [7, 11) is 0. The summed E-state index contributed by atoms with van der Waals surface area (Å²) in [6, 6.07) is 0. The average Bonchev–Trinajstić information content (AvgIpc) is 2.61. The van der Waals surface area contributed by atoms with Gasteiger partial charge in [-0.15, -0.1) is 0 Å². The number of likely N-dealkylation sites (tertiary alicyclic amines) is 1. The first-order valence-corrected chi connectivity index (χ1v) is 9.73. The van der Waals surface area contributed by atoms with Crippen molar-refractivity contribution < 1.29 is 0 Å². The summed E-state index contributed by atoms with van der Waals surface area (Å²) in [5, 5.41) is 0. The minimum absolute atomic E-state index is 0.0890. The van der Waals surface area contributed by atoms with Crippen molar-refractivity contribution in [3.8, 4) is 0 Å². The van der Waals surface area contributed by atoms with Crippen LogP contribution in [-0.4, -0.2) is 37.5 Å². The molecule has 2 aromatic heterocycles. The largest absolute Gasteiger partial charge is 0.299 e. The quantitative estimate of drug-likeness (QED) is 0.826. The molecule has 2 aromatic rings. The van der Waals surface area contributed by atoms with Gasteiger partial charge in [0.05, 0.1) is 6.33 Å². The summed E-state index contributed by atoms with van der Waals surface area (Å²) in [6.45, 7) is 5.64. The number of aromatic nitrogens is 4. The Morgan fingerprint density at radius 2 is 1.81 bits per heavy atom. The van der Waals surface area contributed by atoms with Gasteiger partial charge in [0, 0.05) is 48.7 Å². The summed E-state index contributed by atoms with van der Waals surface area (Å²) >= 11 is 0. The molecular formula is C20H27N5O. The predicted molar refractivity (Wildman–Crippen MR) is 99.9 cm³/mol. The zero-order valence-electron chi connectivity index (χ0n) is 15.5. The van der Waals surface area contributed by atoms with Crippen molar-refractivity contribution >= 4 is 0 Å². The van der Waals surface area contributed by atoms with Crippen LogP contribution < -0.4 is 5.56 Å². The van der Waals surface area contributed by atoms with Crippen LogP contribution >= 0.6 is 0 Å². The van der Waals surface area contributed by atoms with E-state index in [9.17, 15) is 4.79 Å². The molecule has 0 radical (unpaired) electrons. The van der Waals surface area contributed by atoms with Crippen molar-refractivity contribution in [3.05, 3.63) is 52.2 Å². The van der Waals surface area contributed by atoms with Crippen LogP contribution in [0, 0.1) is 12.8 Å². The van der Waals surface area contributed by atoms with Crippen molar-refractivity contribution in [3.63, 3.8) is 0 Å². The Balaban J connectivity index is 1.28. The number of aryl methyl sites for hydroxylation is 1. The Hall–Kier alpha value is -2.08. The molecule has 138 valence electrons. The molecular weight excluding hydrogens is 326 g/mol. The highest BCUT2D eigenvalue weighted by molar-refractivity contribution is 5.09. The van der Waals surface area contributed by atoms with E-state index in [-0.39, 0.29) is 5.56 Å². The van der Waals surface area contributed by atoms with Crippen molar-refractivity contribution in [2.24, 2.45) is 5.92 Å². The van der Waals surface area contributed by atoms with Gasteiger partial charge in [0.25, 0.3) is 5.56 Å². The molecule has 0 amide bonds. The van der Waals surface area contributed by atoms with Gasteiger partial charge in [-0.25, -0.2) is 15.0 Å². The minimum Gasteiger partial charge on any atom is -0.299 e. The lowest BCUT2D eigenvalue weighted by Gasteiger charge is -2.32. The molecule has 26 heavy (non-hydrogen) atoms. The fraction of sp³-hybridized carbons (Fsp3) is 0.600. The fourth-order valence-corrected chi connectivity index (χ4v) is 3.88. The van der Waals surface area contributed by atoms with E-state index >= 15 is 0 Å². The van der Waals surface area contributed by atoms with Gasteiger partial charge < -0.3 is 0 Å². The molecule has 2 aliphatic rings. The molecule has 6 nitrogen and oxygen atoms in total. The highest BCUT2D eigenvalue weighted by atomic mass is 16.1. The second kappa shape index (κ2) is 7.66. The third-order valence-corrected chi connectivity index (χ3v) is 5.84. The van der Waals surface area contributed by atoms with E-state index in [4.69, 9.17) is 0 Å². The number of hydrogen-bond donors (Lipinski definition) is 0. The first kappa shape index (κ1) is 17.3. The molecule has 0 atom stereocenters. The maximum atomic E-state index is 12.1. The number of piperidine rings is 1. The van der Waals surface area contributed by atoms with E-state index in [1.165, 1.54) is 24.8 Å². The second-order valence-corrected chi connectivity index (χ2v) is 7.83. The molecule has 4 rings (SSSR count). The first-order valence-electron chi connectivity index (χ1n) is 9.73. The summed E-state index contributed by atoms with van der Waals surface area (Å²) in [6.07, 6.45) is 13.3. The molecule has 3 heterocycles. The fourth-order valence-electron chi connectivity index (χ4n) is 3.88. The third kappa shape index (κ3) is 3.85. The van der Waals surface area contributed by atoms with Crippen molar-refractivity contribution in [1.29, 1.82) is 0 Å². The first-order chi connectivity index (χ1) is 12.7. The molecule has 0 unspecified atom stereocenters. The number of hydrogen-bond acceptors (Lipinski definition) is 5. The molecule has 0 aromatic carbocycles. The van der Waals surface area contributed by atoms with Gasteiger partial charge in [-0.3, -0.25) is 14.3 Å². The third-order valence-electron chi connectivity index (χ3n) is 5.84. The van der Waals surface area contributed by atoms with Gasteiger partial charge in [-0.2, -0.15) is 0 Å². The molecule has 1 aliphatic heterocycles. The molecule has 1 saturated carbocycles. The van der Waals surface area contributed by atoms with Crippen LogP contribution in [0.5, 0.6) is 0 Å². The van der Waals surface area contributed by atoms with Crippen LogP contribution in [-0.2, 0) is 13.1 Å². The minimum atomic E-state index is 0.0890. The second-order valence-electron chi connectivity index (χ2n) is 7.83. The van der Waals surface area contributed by atoms with Crippen LogP contribution in [0.4, 0.5) is 0 Å². The summed E-state index contributed by atoms with van der Waals surface area (Å²) in [4.78, 5) is 27.9. The highest BCUT2D eigenvalue weighted by Gasteiger charge is 2.23.